The second-order valence-electron chi connectivity index (χ2n) is 8.14. The van der Waals surface area contributed by atoms with Crippen molar-refractivity contribution >= 4 is 22.7 Å². The summed E-state index contributed by atoms with van der Waals surface area (Å²) in [5.74, 6) is 0.563. The standard InChI is InChI=1S/C25H27N3O3/c1-4-27(16-18-8-6-5-7-9-18)17-28-23(29)25(2,26-24(28)30)21-12-10-20-15-22(31-3)13-11-19(20)14-21/h5-15H,4,16-17H2,1-3H3,(H,26,30)/p+1/t25-/m1/s1. The molecule has 2 atom stereocenters. The van der Waals surface area contributed by atoms with Crippen LogP contribution in [0.15, 0.2) is 66.7 Å². The fourth-order valence-corrected chi connectivity index (χ4v) is 4.10. The molecule has 0 radical (unpaired) electrons. The number of quaternary nitrogens is 1. The number of hydrogen-bond acceptors (Lipinski definition) is 3. The molecule has 4 rings (SSSR count). The molecule has 0 aromatic heterocycles. The van der Waals surface area contributed by atoms with Crippen LogP contribution in [0, 0.1) is 0 Å². The topological polar surface area (TPSA) is 63.1 Å². The number of amides is 3. The molecule has 0 bridgehead atoms. The van der Waals surface area contributed by atoms with E-state index >= 15 is 0 Å². The lowest BCUT2D eigenvalue weighted by Gasteiger charge is -2.25. The second-order valence-corrected chi connectivity index (χ2v) is 8.14. The molecule has 1 unspecified atom stereocenters. The van der Waals surface area contributed by atoms with Crippen molar-refractivity contribution in [2.75, 3.05) is 20.3 Å². The van der Waals surface area contributed by atoms with Crippen LogP contribution < -0.4 is 15.0 Å². The summed E-state index contributed by atoms with van der Waals surface area (Å²) in [6.45, 7) is 5.73. The Kier molecular flexibility index (Phi) is 5.65. The first-order valence-electron chi connectivity index (χ1n) is 10.5. The molecule has 0 spiro atoms. The minimum absolute atomic E-state index is 0.218. The zero-order valence-corrected chi connectivity index (χ0v) is 18.1. The number of rotatable bonds is 7. The van der Waals surface area contributed by atoms with Gasteiger partial charge < -0.3 is 15.0 Å². The van der Waals surface area contributed by atoms with Gasteiger partial charge in [-0.25, -0.2) is 9.69 Å². The van der Waals surface area contributed by atoms with Crippen molar-refractivity contribution in [2.24, 2.45) is 0 Å². The third-order valence-corrected chi connectivity index (χ3v) is 6.08. The van der Waals surface area contributed by atoms with E-state index in [-0.39, 0.29) is 11.9 Å². The Morgan fingerprint density at radius 2 is 1.71 bits per heavy atom. The van der Waals surface area contributed by atoms with Gasteiger partial charge in [-0.05, 0) is 48.4 Å². The molecule has 1 aliphatic heterocycles. The van der Waals surface area contributed by atoms with Gasteiger partial charge in [-0.3, -0.25) is 4.79 Å². The first-order valence-corrected chi connectivity index (χ1v) is 10.5. The first-order chi connectivity index (χ1) is 14.9. The largest absolute Gasteiger partial charge is 0.497 e. The van der Waals surface area contributed by atoms with Crippen molar-refractivity contribution in [2.45, 2.75) is 25.9 Å². The molecule has 31 heavy (non-hydrogen) atoms. The minimum atomic E-state index is -1.09. The maximum absolute atomic E-state index is 13.4. The molecular weight excluding hydrogens is 390 g/mol. The second kappa shape index (κ2) is 8.40. The number of methoxy groups -OCH3 is 1. The van der Waals surface area contributed by atoms with Crippen molar-refractivity contribution in [1.29, 1.82) is 0 Å². The predicted octanol–water partition coefficient (Wildman–Crippen LogP) is 2.68. The highest BCUT2D eigenvalue weighted by Crippen LogP contribution is 2.31. The summed E-state index contributed by atoms with van der Waals surface area (Å²) in [7, 11) is 1.64. The number of ether oxygens (including phenoxy) is 1. The Morgan fingerprint density at radius 3 is 2.42 bits per heavy atom. The Labute approximate surface area is 182 Å². The van der Waals surface area contributed by atoms with Crippen LogP contribution in [0.4, 0.5) is 4.79 Å². The first kappa shape index (κ1) is 20.9. The molecule has 3 aromatic carbocycles. The molecular formula is C25H28N3O3+. The highest BCUT2D eigenvalue weighted by Gasteiger charge is 2.50. The summed E-state index contributed by atoms with van der Waals surface area (Å²) in [6, 6.07) is 21.4. The zero-order chi connectivity index (χ0) is 22.0. The number of carbonyl (C=O) groups is 2. The van der Waals surface area contributed by atoms with Crippen molar-refractivity contribution in [3.05, 3.63) is 77.9 Å². The molecule has 1 aliphatic rings. The van der Waals surface area contributed by atoms with Gasteiger partial charge in [-0.15, -0.1) is 0 Å². The minimum Gasteiger partial charge on any atom is -0.497 e. The SMILES string of the molecule is CC[NH+](Cc1ccccc1)CN1C(=O)N[C@](C)(c2ccc3cc(OC)ccc3c2)C1=O. The van der Waals surface area contributed by atoms with Gasteiger partial charge in [0, 0.05) is 5.56 Å². The summed E-state index contributed by atoms with van der Waals surface area (Å²) in [4.78, 5) is 28.7. The van der Waals surface area contributed by atoms with E-state index in [0.717, 1.165) is 40.1 Å². The van der Waals surface area contributed by atoms with Crippen LogP contribution in [0.2, 0.25) is 0 Å². The van der Waals surface area contributed by atoms with Gasteiger partial charge in [0.2, 0.25) is 0 Å². The smallest absolute Gasteiger partial charge is 0.329 e. The number of nitrogens with one attached hydrogen (secondary N) is 2. The molecule has 6 nitrogen and oxygen atoms in total. The highest BCUT2D eigenvalue weighted by molar-refractivity contribution is 6.07. The molecule has 0 saturated carbocycles. The van der Waals surface area contributed by atoms with E-state index < -0.39 is 5.54 Å². The zero-order valence-electron chi connectivity index (χ0n) is 18.1. The summed E-state index contributed by atoms with van der Waals surface area (Å²) >= 11 is 0. The van der Waals surface area contributed by atoms with E-state index in [1.165, 1.54) is 10.5 Å². The predicted molar refractivity (Wildman–Crippen MR) is 120 cm³/mol. The van der Waals surface area contributed by atoms with Crippen LogP contribution >= 0.6 is 0 Å². The molecule has 6 heteroatoms. The van der Waals surface area contributed by atoms with E-state index in [0.29, 0.717) is 6.67 Å². The Morgan fingerprint density at radius 1 is 1.00 bits per heavy atom. The van der Waals surface area contributed by atoms with E-state index in [1.54, 1.807) is 14.0 Å². The van der Waals surface area contributed by atoms with Crippen LogP contribution in [-0.2, 0) is 16.9 Å². The molecule has 3 aromatic rings. The van der Waals surface area contributed by atoms with Crippen LogP contribution in [0.25, 0.3) is 10.8 Å². The lowest BCUT2D eigenvalue weighted by atomic mass is 9.90. The Hall–Kier alpha value is -3.38. The van der Waals surface area contributed by atoms with Gasteiger partial charge in [-0.1, -0.05) is 48.5 Å². The van der Waals surface area contributed by atoms with Crippen LogP contribution in [-0.4, -0.2) is 37.2 Å². The molecule has 1 saturated heterocycles. The average molecular weight is 419 g/mol. The maximum atomic E-state index is 13.4. The molecule has 0 aliphatic carbocycles. The lowest BCUT2D eigenvalue weighted by molar-refractivity contribution is -0.919. The van der Waals surface area contributed by atoms with E-state index in [4.69, 9.17) is 4.74 Å². The van der Waals surface area contributed by atoms with Crippen LogP contribution in [0.3, 0.4) is 0 Å². The Bertz CT molecular complexity index is 1120. The van der Waals surface area contributed by atoms with E-state index in [9.17, 15) is 9.59 Å². The number of urea groups is 1. The van der Waals surface area contributed by atoms with Crippen molar-refractivity contribution in [3.63, 3.8) is 0 Å². The quantitative estimate of drug-likeness (QED) is 0.580. The van der Waals surface area contributed by atoms with Crippen molar-refractivity contribution in [1.82, 2.24) is 10.2 Å². The summed E-state index contributed by atoms with van der Waals surface area (Å²) in [5, 5.41) is 4.94. The van der Waals surface area contributed by atoms with Crippen molar-refractivity contribution in [3.8, 4) is 5.75 Å². The normalized spacial score (nSPS) is 19.5. The Balaban J connectivity index is 1.57. The third-order valence-electron chi connectivity index (χ3n) is 6.08. The monoisotopic (exact) mass is 418 g/mol. The highest BCUT2D eigenvalue weighted by atomic mass is 16.5. The van der Waals surface area contributed by atoms with Gasteiger partial charge in [0.05, 0.1) is 13.7 Å². The molecule has 2 N–H and O–H groups in total. The number of benzene rings is 3. The van der Waals surface area contributed by atoms with Crippen LogP contribution in [0.1, 0.15) is 25.0 Å². The molecule has 3 amide bonds. The van der Waals surface area contributed by atoms with Gasteiger partial charge in [0.1, 0.15) is 17.8 Å². The number of fused-ring (bicyclic) bond motifs is 1. The number of carbonyl (C=O) groups excluding carboxylic acids is 2. The molecule has 160 valence electrons. The summed E-state index contributed by atoms with van der Waals surface area (Å²) in [5.41, 5.74) is 0.864. The summed E-state index contributed by atoms with van der Waals surface area (Å²) < 4.78 is 5.29. The summed E-state index contributed by atoms with van der Waals surface area (Å²) in [6.07, 6.45) is 0. The van der Waals surface area contributed by atoms with Crippen molar-refractivity contribution < 1.29 is 19.2 Å². The van der Waals surface area contributed by atoms with E-state index in [1.807, 2.05) is 54.6 Å². The van der Waals surface area contributed by atoms with Gasteiger partial charge >= 0.3 is 6.03 Å². The number of nitrogens with zero attached hydrogens (tertiary/aromatic N) is 1. The van der Waals surface area contributed by atoms with Crippen LogP contribution in [0.5, 0.6) is 5.75 Å². The molecule has 1 fully saturated rings. The lowest BCUT2D eigenvalue weighted by Crippen LogP contribution is -3.12. The fraction of sp³-hybridized carbons (Fsp3) is 0.280. The van der Waals surface area contributed by atoms with E-state index in [2.05, 4.69) is 24.4 Å². The van der Waals surface area contributed by atoms with Gasteiger partial charge in [0.25, 0.3) is 5.91 Å². The molecule has 1 heterocycles. The number of imide groups is 1. The third kappa shape index (κ3) is 3.99. The van der Waals surface area contributed by atoms with Gasteiger partial charge in [0.15, 0.2) is 6.67 Å². The maximum Gasteiger partial charge on any atom is 0.329 e. The number of hydrogen-bond donors (Lipinski definition) is 2. The average Bonchev–Trinajstić information content (AvgIpc) is 3.02. The fourth-order valence-electron chi connectivity index (χ4n) is 4.10. The van der Waals surface area contributed by atoms with Gasteiger partial charge in [-0.2, -0.15) is 0 Å².